The van der Waals surface area contributed by atoms with Crippen LogP contribution in [0.4, 0.5) is 17.1 Å². The molecular weight excluding hydrogens is 369 g/mol. The van der Waals surface area contributed by atoms with Gasteiger partial charge in [0.15, 0.2) is 0 Å². The van der Waals surface area contributed by atoms with Gasteiger partial charge in [-0.15, -0.1) is 24.8 Å². The van der Waals surface area contributed by atoms with E-state index in [1.807, 2.05) is 42.5 Å². The average Bonchev–Trinajstić information content (AvgIpc) is 3.11. The number of nitrogens with one attached hydrogen (secondary N) is 1. The van der Waals surface area contributed by atoms with Crippen molar-refractivity contribution >= 4 is 47.8 Å². The molecule has 0 aliphatic heterocycles. The van der Waals surface area contributed by atoms with Crippen LogP contribution in [-0.4, -0.2) is 19.0 Å². The van der Waals surface area contributed by atoms with Crippen LogP contribution in [0, 0.1) is 0 Å². The molecule has 0 radical (unpaired) electrons. The second-order valence-electron chi connectivity index (χ2n) is 6.53. The van der Waals surface area contributed by atoms with Crippen molar-refractivity contribution in [1.29, 1.82) is 0 Å². The van der Waals surface area contributed by atoms with E-state index in [2.05, 4.69) is 23.3 Å². The van der Waals surface area contributed by atoms with E-state index in [1.54, 1.807) is 0 Å². The lowest BCUT2D eigenvalue weighted by atomic mass is 10.1. The fraction of sp³-hybridized carbons (Fsp3) is 0.350. The van der Waals surface area contributed by atoms with E-state index >= 15 is 0 Å². The Labute approximate surface area is 168 Å². The molecule has 6 heteroatoms. The quantitative estimate of drug-likeness (QED) is 0.722. The molecule has 3 N–H and O–H groups in total. The lowest BCUT2D eigenvalue weighted by Gasteiger charge is -2.28. The van der Waals surface area contributed by atoms with Crippen LogP contribution in [0.25, 0.3) is 0 Å². The van der Waals surface area contributed by atoms with Gasteiger partial charge in [0.1, 0.15) is 0 Å². The molecule has 0 unspecified atom stereocenters. The first-order valence-electron chi connectivity index (χ1n) is 8.59. The van der Waals surface area contributed by atoms with Crippen LogP contribution in [-0.2, 0) is 11.2 Å². The largest absolute Gasteiger partial charge is 0.399 e. The van der Waals surface area contributed by atoms with Gasteiger partial charge in [0, 0.05) is 18.8 Å². The van der Waals surface area contributed by atoms with Crippen LogP contribution in [0.3, 0.4) is 0 Å². The molecule has 1 fully saturated rings. The number of nitrogens with zero attached hydrogens (tertiary/aromatic N) is 1. The van der Waals surface area contributed by atoms with Crippen molar-refractivity contribution in [3.63, 3.8) is 0 Å². The van der Waals surface area contributed by atoms with Crippen molar-refractivity contribution in [2.24, 2.45) is 0 Å². The highest BCUT2D eigenvalue weighted by Crippen LogP contribution is 2.31. The summed E-state index contributed by atoms with van der Waals surface area (Å²) in [5, 5.41) is 3.07. The van der Waals surface area contributed by atoms with Gasteiger partial charge >= 0.3 is 0 Å². The third-order valence-corrected chi connectivity index (χ3v) is 4.77. The van der Waals surface area contributed by atoms with Crippen LogP contribution >= 0.6 is 24.8 Å². The Morgan fingerprint density at radius 3 is 2.35 bits per heavy atom. The number of carbonyl (C=O) groups is 1. The first kappa shape index (κ1) is 22.1. The standard InChI is InChI=1S/C20H25N3O.2ClH/c1-23(17-6-2-3-7-17)19-9-5-4-8-18(19)22-20(24)14-15-10-12-16(21)13-11-15;;/h4-5,8-13,17H,2-3,6-7,14,21H2,1H3,(H,22,24);2*1H. The Kier molecular flexibility index (Phi) is 8.76. The number of amides is 1. The van der Waals surface area contributed by atoms with Gasteiger partial charge in [-0.25, -0.2) is 0 Å². The monoisotopic (exact) mass is 395 g/mol. The third kappa shape index (κ3) is 5.55. The van der Waals surface area contributed by atoms with Crippen molar-refractivity contribution in [3.05, 3.63) is 54.1 Å². The summed E-state index contributed by atoms with van der Waals surface area (Å²) >= 11 is 0. The smallest absolute Gasteiger partial charge is 0.228 e. The van der Waals surface area contributed by atoms with Crippen LogP contribution in [0.1, 0.15) is 31.2 Å². The molecule has 0 saturated heterocycles. The highest BCUT2D eigenvalue weighted by molar-refractivity contribution is 5.95. The second-order valence-corrected chi connectivity index (χ2v) is 6.53. The molecule has 1 saturated carbocycles. The molecule has 3 rings (SSSR count). The Morgan fingerprint density at radius 1 is 1.08 bits per heavy atom. The van der Waals surface area contributed by atoms with Gasteiger partial charge in [-0.3, -0.25) is 4.79 Å². The number of para-hydroxylation sites is 2. The summed E-state index contributed by atoms with van der Waals surface area (Å²) in [6.45, 7) is 0. The predicted octanol–water partition coefficient (Wildman–Crippen LogP) is 4.67. The van der Waals surface area contributed by atoms with Gasteiger partial charge in [-0.05, 0) is 42.7 Å². The number of hydrogen-bond acceptors (Lipinski definition) is 3. The molecule has 26 heavy (non-hydrogen) atoms. The zero-order valence-corrected chi connectivity index (χ0v) is 16.6. The zero-order valence-electron chi connectivity index (χ0n) is 15.0. The maximum absolute atomic E-state index is 12.4. The molecule has 2 aromatic rings. The summed E-state index contributed by atoms with van der Waals surface area (Å²) in [7, 11) is 2.13. The number of carbonyl (C=O) groups excluding carboxylic acids is 1. The molecule has 1 amide bonds. The number of benzene rings is 2. The zero-order chi connectivity index (χ0) is 16.9. The predicted molar refractivity (Wildman–Crippen MR) is 115 cm³/mol. The summed E-state index contributed by atoms with van der Waals surface area (Å²) in [6, 6.07) is 16.0. The fourth-order valence-corrected chi connectivity index (χ4v) is 3.39. The number of nitrogens with two attached hydrogens (primary N) is 1. The Balaban J connectivity index is 0.00000169. The van der Waals surface area contributed by atoms with Crippen LogP contribution in [0.15, 0.2) is 48.5 Å². The normalized spacial score (nSPS) is 13.4. The molecular formula is C20H27Cl2N3O. The van der Waals surface area contributed by atoms with Gasteiger partial charge in [0.2, 0.25) is 5.91 Å². The molecule has 0 spiro atoms. The van der Waals surface area contributed by atoms with Gasteiger partial charge < -0.3 is 16.0 Å². The average molecular weight is 396 g/mol. The molecule has 4 nitrogen and oxygen atoms in total. The number of nitrogen functional groups attached to an aromatic ring is 1. The summed E-state index contributed by atoms with van der Waals surface area (Å²) in [5.74, 6) is -0.00737. The van der Waals surface area contributed by atoms with Crippen molar-refractivity contribution in [2.45, 2.75) is 38.1 Å². The minimum Gasteiger partial charge on any atom is -0.399 e. The second kappa shape index (κ2) is 10.3. The minimum atomic E-state index is -0.00737. The van der Waals surface area contributed by atoms with Crippen LogP contribution in [0.5, 0.6) is 0 Å². The summed E-state index contributed by atoms with van der Waals surface area (Å²) in [4.78, 5) is 14.7. The summed E-state index contributed by atoms with van der Waals surface area (Å²) < 4.78 is 0. The maximum atomic E-state index is 12.4. The highest BCUT2D eigenvalue weighted by atomic mass is 35.5. The molecule has 0 heterocycles. The Hall–Kier alpha value is -1.91. The molecule has 0 atom stereocenters. The van der Waals surface area contributed by atoms with E-state index in [9.17, 15) is 4.79 Å². The summed E-state index contributed by atoms with van der Waals surface area (Å²) in [6.07, 6.45) is 5.39. The number of rotatable bonds is 5. The van der Waals surface area contributed by atoms with E-state index in [-0.39, 0.29) is 30.7 Å². The molecule has 1 aliphatic carbocycles. The SMILES string of the molecule is CN(c1ccccc1NC(=O)Cc1ccc(N)cc1)C1CCCC1.Cl.Cl. The topological polar surface area (TPSA) is 58.4 Å². The van der Waals surface area contributed by atoms with Crippen molar-refractivity contribution in [3.8, 4) is 0 Å². The number of halogens is 2. The summed E-state index contributed by atoms with van der Waals surface area (Å²) in [5.41, 5.74) is 9.33. The van der Waals surface area contributed by atoms with Crippen molar-refractivity contribution < 1.29 is 4.79 Å². The lowest BCUT2D eigenvalue weighted by molar-refractivity contribution is -0.115. The van der Waals surface area contributed by atoms with Crippen molar-refractivity contribution in [2.75, 3.05) is 23.0 Å². The minimum absolute atomic E-state index is 0. The third-order valence-electron chi connectivity index (χ3n) is 4.77. The van der Waals surface area contributed by atoms with Gasteiger partial charge in [0.05, 0.1) is 17.8 Å². The number of hydrogen-bond donors (Lipinski definition) is 2. The molecule has 142 valence electrons. The van der Waals surface area contributed by atoms with Gasteiger partial charge in [0.25, 0.3) is 0 Å². The first-order chi connectivity index (χ1) is 11.6. The van der Waals surface area contributed by atoms with E-state index in [1.165, 1.54) is 25.7 Å². The van der Waals surface area contributed by atoms with Gasteiger partial charge in [-0.2, -0.15) is 0 Å². The molecule has 0 aromatic heterocycles. The number of anilines is 3. The van der Waals surface area contributed by atoms with E-state index < -0.39 is 0 Å². The van der Waals surface area contributed by atoms with E-state index in [0.717, 1.165) is 16.9 Å². The van der Waals surface area contributed by atoms with Crippen LogP contribution in [0.2, 0.25) is 0 Å². The van der Waals surface area contributed by atoms with Gasteiger partial charge in [-0.1, -0.05) is 37.1 Å². The molecule has 0 bridgehead atoms. The van der Waals surface area contributed by atoms with E-state index in [4.69, 9.17) is 5.73 Å². The van der Waals surface area contributed by atoms with E-state index in [0.29, 0.717) is 18.2 Å². The first-order valence-corrected chi connectivity index (χ1v) is 8.59. The van der Waals surface area contributed by atoms with Crippen molar-refractivity contribution in [1.82, 2.24) is 0 Å². The maximum Gasteiger partial charge on any atom is 0.228 e. The molecule has 1 aliphatic rings. The molecule has 2 aromatic carbocycles. The van der Waals surface area contributed by atoms with Crippen LogP contribution < -0.4 is 16.0 Å². The Bertz CT molecular complexity index is 700. The Morgan fingerprint density at radius 2 is 1.69 bits per heavy atom. The fourth-order valence-electron chi connectivity index (χ4n) is 3.39. The lowest BCUT2D eigenvalue weighted by Crippen LogP contribution is -2.30. The highest BCUT2D eigenvalue weighted by Gasteiger charge is 2.21.